The second kappa shape index (κ2) is 6.74. The number of allylic oxidation sites excluding steroid dienone is 1. The molecule has 0 amide bonds. The first kappa shape index (κ1) is 19.2. The first-order chi connectivity index (χ1) is 12.8. The molecule has 3 saturated carbocycles. The maximum absolute atomic E-state index is 12.0. The predicted molar refractivity (Wildman–Crippen MR) is 106 cm³/mol. The second-order valence-corrected chi connectivity index (χ2v) is 10.6. The number of rotatable bonds is 4. The Kier molecular flexibility index (Phi) is 4.79. The van der Waals surface area contributed by atoms with Crippen LogP contribution in [0.1, 0.15) is 85.0 Å². The summed E-state index contributed by atoms with van der Waals surface area (Å²) in [5.74, 6) is 3.22. The van der Waals surface area contributed by atoms with Crippen LogP contribution in [0.2, 0.25) is 0 Å². The van der Waals surface area contributed by atoms with Crippen molar-refractivity contribution in [2.45, 2.75) is 85.0 Å². The van der Waals surface area contributed by atoms with Gasteiger partial charge in [-0.1, -0.05) is 26.3 Å². The van der Waals surface area contributed by atoms with E-state index in [-0.39, 0.29) is 5.41 Å². The van der Waals surface area contributed by atoms with Crippen molar-refractivity contribution in [1.29, 1.82) is 0 Å². The molecule has 4 aliphatic rings. The molecule has 3 nitrogen and oxygen atoms in total. The summed E-state index contributed by atoms with van der Waals surface area (Å²) in [7, 11) is 0. The summed E-state index contributed by atoms with van der Waals surface area (Å²) < 4.78 is 0. The number of fused-ring (bicyclic) bond motifs is 5. The van der Waals surface area contributed by atoms with Gasteiger partial charge in [-0.15, -0.1) is 0 Å². The number of hydrogen-bond donors (Lipinski definition) is 1. The van der Waals surface area contributed by atoms with Crippen LogP contribution in [0.5, 0.6) is 0 Å². The van der Waals surface area contributed by atoms with Crippen molar-refractivity contribution in [3.63, 3.8) is 0 Å². The van der Waals surface area contributed by atoms with E-state index in [2.05, 4.69) is 20.8 Å². The van der Waals surface area contributed by atoms with Gasteiger partial charge in [0.05, 0.1) is 0 Å². The van der Waals surface area contributed by atoms with Gasteiger partial charge in [0.2, 0.25) is 0 Å². The standard InChI is InChI=1S/C24H36O3/c1-15(4-9-22(26)27)19-7-8-20-18-6-5-16-14-17(25)10-12-23(16,2)21(18)11-13-24(19,20)3/h14-15,18-21H,4-13H2,1-3H3,(H,26,27)/t15-,18+,19-,20+,21+,23+,24-/m1/s1. The lowest BCUT2D eigenvalue weighted by Gasteiger charge is -2.58. The summed E-state index contributed by atoms with van der Waals surface area (Å²) >= 11 is 0. The van der Waals surface area contributed by atoms with Gasteiger partial charge >= 0.3 is 5.97 Å². The Hall–Kier alpha value is -1.12. The Morgan fingerprint density at radius 1 is 1.15 bits per heavy atom. The zero-order valence-corrected chi connectivity index (χ0v) is 17.3. The number of aliphatic carboxylic acids is 1. The largest absolute Gasteiger partial charge is 0.481 e. The van der Waals surface area contributed by atoms with E-state index in [4.69, 9.17) is 5.11 Å². The highest BCUT2D eigenvalue weighted by molar-refractivity contribution is 5.91. The number of carbonyl (C=O) groups excluding carboxylic acids is 1. The van der Waals surface area contributed by atoms with Crippen LogP contribution < -0.4 is 0 Å². The lowest BCUT2D eigenvalue weighted by atomic mass is 9.46. The third-order valence-corrected chi connectivity index (χ3v) is 9.54. The van der Waals surface area contributed by atoms with E-state index < -0.39 is 5.97 Å². The SMILES string of the molecule is C[C@H](CCC(=O)O)[C@H]1CC[C@H]2[C@@H]3CCC4=CC(=O)CC[C@]4(C)[C@H]3CC[C@]12C. The minimum absolute atomic E-state index is 0.255. The average Bonchev–Trinajstić information content (AvgIpc) is 2.97. The first-order valence-electron chi connectivity index (χ1n) is 11.2. The molecule has 0 bridgehead atoms. The summed E-state index contributed by atoms with van der Waals surface area (Å²) in [6.07, 6.45) is 12.5. The summed E-state index contributed by atoms with van der Waals surface area (Å²) in [4.78, 5) is 23.0. The molecule has 0 unspecified atom stereocenters. The quantitative estimate of drug-likeness (QED) is 0.695. The molecule has 0 aliphatic heterocycles. The molecule has 0 heterocycles. The van der Waals surface area contributed by atoms with Gasteiger partial charge in [0.1, 0.15) is 0 Å². The number of hydrogen-bond acceptors (Lipinski definition) is 2. The summed E-state index contributed by atoms with van der Waals surface area (Å²) in [5, 5.41) is 9.08. The fraction of sp³-hybridized carbons (Fsp3) is 0.833. The maximum Gasteiger partial charge on any atom is 0.303 e. The lowest BCUT2D eigenvalue weighted by Crippen LogP contribution is -2.51. The van der Waals surface area contributed by atoms with Crippen LogP contribution in [0.25, 0.3) is 0 Å². The monoisotopic (exact) mass is 372 g/mol. The minimum Gasteiger partial charge on any atom is -0.481 e. The molecule has 0 saturated heterocycles. The molecule has 0 radical (unpaired) electrons. The van der Waals surface area contributed by atoms with Gasteiger partial charge < -0.3 is 5.11 Å². The smallest absolute Gasteiger partial charge is 0.303 e. The van der Waals surface area contributed by atoms with Crippen LogP contribution in [0.4, 0.5) is 0 Å². The van der Waals surface area contributed by atoms with Crippen molar-refractivity contribution in [1.82, 2.24) is 0 Å². The first-order valence-corrected chi connectivity index (χ1v) is 11.2. The Morgan fingerprint density at radius 2 is 1.93 bits per heavy atom. The number of carbonyl (C=O) groups is 2. The van der Waals surface area contributed by atoms with Crippen LogP contribution in [0.15, 0.2) is 11.6 Å². The van der Waals surface area contributed by atoms with Crippen molar-refractivity contribution in [2.75, 3.05) is 0 Å². The molecule has 3 heteroatoms. The molecular formula is C24H36O3. The highest BCUT2D eigenvalue weighted by atomic mass is 16.4. The molecule has 27 heavy (non-hydrogen) atoms. The Morgan fingerprint density at radius 3 is 2.67 bits per heavy atom. The Bertz CT molecular complexity index is 665. The van der Waals surface area contributed by atoms with Crippen molar-refractivity contribution in [3.05, 3.63) is 11.6 Å². The van der Waals surface area contributed by atoms with E-state index in [0.717, 1.165) is 43.4 Å². The van der Waals surface area contributed by atoms with E-state index in [1.807, 2.05) is 6.08 Å². The van der Waals surface area contributed by atoms with Gasteiger partial charge in [0, 0.05) is 12.8 Å². The van der Waals surface area contributed by atoms with E-state index in [0.29, 0.717) is 29.5 Å². The fourth-order valence-corrected chi connectivity index (χ4v) is 8.09. The van der Waals surface area contributed by atoms with Gasteiger partial charge in [-0.3, -0.25) is 9.59 Å². The van der Waals surface area contributed by atoms with Gasteiger partial charge in [-0.2, -0.15) is 0 Å². The number of carboxylic acids is 1. The summed E-state index contributed by atoms with van der Waals surface area (Å²) in [6, 6.07) is 0. The third kappa shape index (κ3) is 3.00. The molecule has 4 rings (SSSR count). The van der Waals surface area contributed by atoms with Gasteiger partial charge in [-0.25, -0.2) is 0 Å². The Labute approximate surface area is 164 Å². The van der Waals surface area contributed by atoms with Crippen molar-refractivity contribution in [3.8, 4) is 0 Å². The summed E-state index contributed by atoms with van der Waals surface area (Å²) in [6.45, 7) is 7.27. The topological polar surface area (TPSA) is 54.4 Å². The van der Waals surface area contributed by atoms with Crippen molar-refractivity contribution >= 4 is 11.8 Å². The zero-order valence-electron chi connectivity index (χ0n) is 17.3. The number of ketones is 1. The fourth-order valence-electron chi connectivity index (χ4n) is 8.09. The average molecular weight is 373 g/mol. The molecule has 0 aromatic carbocycles. The van der Waals surface area contributed by atoms with E-state index in [1.54, 1.807) is 0 Å². The molecule has 150 valence electrons. The molecule has 0 aromatic heterocycles. The molecule has 3 fully saturated rings. The van der Waals surface area contributed by atoms with Crippen molar-refractivity contribution < 1.29 is 14.7 Å². The third-order valence-electron chi connectivity index (χ3n) is 9.54. The van der Waals surface area contributed by atoms with Crippen LogP contribution in [0.3, 0.4) is 0 Å². The van der Waals surface area contributed by atoms with E-state index in [9.17, 15) is 9.59 Å². The highest BCUT2D eigenvalue weighted by Crippen LogP contribution is 2.67. The second-order valence-electron chi connectivity index (χ2n) is 10.6. The molecule has 1 N–H and O–H groups in total. The maximum atomic E-state index is 12.0. The lowest BCUT2D eigenvalue weighted by molar-refractivity contribution is -0.137. The molecular weight excluding hydrogens is 336 g/mol. The van der Waals surface area contributed by atoms with Crippen LogP contribution >= 0.6 is 0 Å². The molecule has 0 spiro atoms. The minimum atomic E-state index is -0.656. The predicted octanol–water partition coefficient (Wildman–Crippen LogP) is 5.64. The molecule has 0 aromatic rings. The Balaban J connectivity index is 1.55. The van der Waals surface area contributed by atoms with Crippen LogP contribution in [-0.4, -0.2) is 16.9 Å². The normalized spacial score (nSPS) is 44.7. The van der Waals surface area contributed by atoms with Gasteiger partial charge in [0.15, 0.2) is 5.78 Å². The van der Waals surface area contributed by atoms with Gasteiger partial charge in [0.25, 0.3) is 0 Å². The van der Waals surface area contributed by atoms with Crippen LogP contribution in [-0.2, 0) is 9.59 Å². The van der Waals surface area contributed by atoms with E-state index in [1.165, 1.54) is 37.7 Å². The van der Waals surface area contributed by atoms with E-state index >= 15 is 0 Å². The summed E-state index contributed by atoms with van der Waals surface area (Å²) in [5.41, 5.74) is 2.10. The zero-order chi connectivity index (χ0) is 19.4. The highest BCUT2D eigenvalue weighted by Gasteiger charge is 2.59. The van der Waals surface area contributed by atoms with Gasteiger partial charge in [-0.05, 0) is 97.9 Å². The van der Waals surface area contributed by atoms with Crippen LogP contribution in [0, 0.1) is 40.4 Å². The molecule has 7 atom stereocenters. The van der Waals surface area contributed by atoms with Crippen molar-refractivity contribution in [2.24, 2.45) is 40.4 Å². The molecule has 4 aliphatic carbocycles. The number of carboxylic acid groups (broad SMARTS) is 1.